The smallest absolute Gasteiger partial charge is 0.232 e. The summed E-state index contributed by atoms with van der Waals surface area (Å²) in [6, 6.07) is -0.639. The summed E-state index contributed by atoms with van der Waals surface area (Å²) in [5, 5.41) is 0. The highest BCUT2D eigenvalue weighted by molar-refractivity contribution is 6.04. The SMILES string of the molecule is CC(COCC(C)N1C(=O)CC(C)C1=O)OCC(C)N1C(=O)CC(C)C1=O. The number of nitrogens with zero attached hydrogens (tertiary/aromatic N) is 2. The molecule has 0 aromatic heterocycles. The van der Waals surface area contributed by atoms with Crippen LogP contribution in [0.4, 0.5) is 0 Å². The van der Waals surface area contributed by atoms with Gasteiger partial charge in [-0.05, 0) is 20.8 Å². The van der Waals surface area contributed by atoms with E-state index in [1.165, 1.54) is 9.80 Å². The number of hydrogen-bond donors (Lipinski definition) is 0. The molecule has 8 nitrogen and oxygen atoms in total. The van der Waals surface area contributed by atoms with Crippen LogP contribution in [-0.4, -0.2) is 71.4 Å². The zero-order valence-corrected chi connectivity index (χ0v) is 16.8. The Bertz CT molecular complexity index is 607. The molecule has 152 valence electrons. The minimum atomic E-state index is -0.322. The fraction of sp³-hybridized carbons (Fsp3) is 0.789. The average molecular weight is 382 g/mol. The zero-order valence-electron chi connectivity index (χ0n) is 16.8. The van der Waals surface area contributed by atoms with Crippen LogP contribution >= 0.6 is 0 Å². The van der Waals surface area contributed by atoms with Crippen molar-refractivity contribution in [2.75, 3.05) is 19.8 Å². The Morgan fingerprint density at radius 3 is 1.67 bits per heavy atom. The second-order valence-electron chi connectivity index (χ2n) is 7.79. The number of hydrogen-bond acceptors (Lipinski definition) is 6. The maximum absolute atomic E-state index is 12.0. The molecule has 0 radical (unpaired) electrons. The van der Waals surface area contributed by atoms with Crippen LogP contribution in [0.25, 0.3) is 0 Å². The molecular weight excluding hydrogens is 352 g/mol. The second-order valence-corrected chi connectivity index (χ2v) is 7.79. The van der Waals surface area contributed by atoms with Crippen LogP contribution in [0.15, 0.2) is 0 Å². The van der Waals surface area contributed by atoms with E-state index in [-0.39, 0.29) is 79.7 Å². The normalized spacial score (nSPS) is 26.9. The first kappa shape index (κ1) is 21.5. The van der Waals surface area contributed by atoms with E-state index in [2.05, 4.69) is 0 Å². The highest BCUT2D eigenvalue weighted by atomic mass is 16.5. The Morgan fingerprint density at radius 2 is 1.26 bits per heavy atom. The van der Waals surface area contributed by atoms with E-state index in [9.17, 15) is 19.2 Å². The largest absolute Gasteiger partial charge is 0.377 e. The third-order valence-corrected chi connectivity index (χ3v) is 5.03. The lowest BCUT2D eigenvalue weighted by molar-refractivity contribution is -0.146. The van der Waals surface area contributed by atoms with Crippen LogP contribution in [0.5, 0.6) is 0 Å². The fourth-order valence-corrected chi connectivity index (χ4v) is 3.45. The summed E-state index contributed by atoms with van der Waals surface area (Å²) >= 11 is 0. The Balaban J connectivity index is 1.70. The van der Waals surface area contributed by atoms with Crippen molar-refractivity contribution in [1.82, 2.24) is 9.80 Å². The van der Waals surface area contributed by atoms with Gasteiger partial charge in [-0.15, -0.1) is 0 Å². The highest BCUT2D eigenvalue weighted by Crippen LogP contribution is 2.22. The predicted molar refractivity (Wildman–Crippen MR) is 96.4 cm³/mol. The number of ether oxygens (including phenoxy) is 2. The monoisotopic (exact) mass is 382 g/mol. The highest BCUT2D eigenvalue weighted by Gasteiger charge is 2.39. The molecule has 5 unspecified atom stereocenters. The van der Waals surface area contributed by atoms with Gasteiger partial charge in [0.1, 0.15) is 0 Å². The lowest BCUT2D eigenvalue weighted by atomic mass is 10.1. The van der Waals surface area contributed by atoms with Gasteiger partial charge < -0.3 is 9.47 Å². The van der Waals surface area contributed by atoms with Crippen molar-refractivity contribution < 1.29 is 28.7 Å². The fourth-order valence-electron chi connectivity index (χ4n) is 3.45. The molecule has 2 aliphatic rings. The maximum atomic E-state index is 12.0. The number of carbonyl (C=O) groups is 4. The van der Waals surface area contributed by atoms with Crippen molar-refractivity contribution in [2.45, 2.75) is 65.6 Å². The molecule has 2 aliphatic heterocycles. The van der Waals surface area contributed by atoms with Gasteiger partial charge in [-0.25, -0.2) is 0 Å². The van der Waals surface area contributed by atoms with Gasteiger partial charge in [0.05, 0.1) is 38.0 Å². The van der Waals surface area contributed by atoms with Gasteiger partial charge in [0.2, 0.25) is 23.6 Å². The first-order chi connectivity index (χ1) is 12.6. The third-order valence-electron chi connectivity index (χ3n) is 5.03. The minimum absolute atomic E-state index is 0.150. The first-order valence-electron chi connectivity index (χ1n) is 9.54. The molecule has 0 aliphatic carbocycles. The van der Waals surface area contributed by atoms with Crippen molar-refractivity contribution in [3.8, 4) is 0 Å². The molecule has 4 amide bonds. The summed E-state index contributed by atoms with van der Waals surface area (Å²) in [6.07, 6.45) is 0.271. The van der Waals surface area contributed by atoms with Crippen molar-refractivity contribution in [3.05, 3.63) is 0 Å². The Morgan fingerprint density at radius 1 is 0.815 bits per heavy atom. The summed E-state index contributed by atoms with van der Waals surface area (Å²) in [7, 11) is 0. The molecule has 8 heteroatoms. The molecule has 0 aromatic carbocycles. The van der Waals surface area contributed by atoms with E-state index in [4.69, 9.17) is 9.47 Å². The maximum Gasteiger partial charge on any atom is 0.232 e. The van der Waals surface area contributed by atoms with E-state index < -0.39 is 0 Å². The average Bonchev–Trinajstić information content (AvgIpc) is 2.99. The summed E-state index contributed by atoms with van der Waals surface area (Å²) in [5.41, 5.74) is 0. The van der Waals surface area contributed by atoms with Gasteiger partial charge in [-0.3, -0.25) is 29.0 Å². The molecular formula is C19H30N2O6. The summed E-state index contributed by atoms with van der Waals surface area (Å²) in [6.45, 7) is 9.69. The van der Waals surface area contributed by atoms with E-state index in [1.54, 1.807) is 27.7 Å². The summed E-state index contributed by atoms with van der Waals surface area (Å²) in [4.78, 5) is 50.4. The van der Waals surface area contributed by atoms with E-state index in [0.29, 0.717) is 6.61 Å². The third kappa shape index (κ3) is 4.93. The number of imide groups is 2. The van der Waals surface area contributed by atoms with Crippen LogP contribution < -0.4 is 0 Å². The van der Waals surface area contributed by atoms with Crippen LogP contribution in [0, 0.1) is 11.8 Å². The van der Waals surface area contributed by atoms with Gasteiger partial charge in [0.25, 0.3) is 0 Å². The molecule has 2 saturated heterocycles. The molecule has 0 aromatic rings. The number of carbonyl (C=O) groups excluding carboxylic acids is 4. The number of amides is 4. The van der Waals surface area contributed by atoms with Crippen molar-refractivity contribution in [3.63, 3.8) is 0 Å². The van der Waals surface area contributed by atoms with Crippen LogP contribution in [0.2, 0.25) is 0 Å². The number of rotatable bonds is 9. The summed E-state index contributed by atoms with van der Waals surface area (Å²) in [5.74, 6) is -1.14. The minimum Gasteiger partial charge on any atom is -0.377 e. The van der Waals surface area contributed by atoms with Crippen LogP contribution in [0.1, 0.15) is 47.5 Å². The quantitative estimate of drug-likeness (QED) is 0.552. The van der Waals surface area contributed by atoms with Crippen molar-refractivity contribution in [1.29, 1.82) is 0 Å². The molecule has 0 saturated carbocycles. The van der Waals surface area contributed by atoms with Crippen molar-refractivity contribution >= 4 is 23.6 Å². The molecule has 5 atom stereocenters. The Kier molecular flexibility index (Phi) is 7.11. The lowest BCUT2D eigenvalue weighted by Gasteiger charge is -2.25. The van der Waals surface area contributed by atoms with Crippen LogP contribution in [0.3, 0.4) is 0 Å². The zero-order chi connectivity index (χ0) is 20.3. The first-order valence-corrected chi connectivity index (χ1v) is 9.54. The molecule has 0 N–H and O–H groups in total. The molecule has 27 heavy (non-hydrogen) atoms. The predicted octanol–water partition coefficient (Wildman–Crippen LogP) is 0.975. The molecule has 0 bridgehead atoms. The van der Waals surface area contributed by atoms with E-state index >= 15 is 0 Å². The van der Waals surface area contributed by atoms with Gasteiger partial charge in [-0.1, -0.05) is 13.8 Å². The molecule has 0 spiro atoms. The van der Waals surface area contributed by atoms with Crippen LogP contribution in [-0.2, 0) is 28.7 Å². The lowest BCUT2D eigenvalue weighted by Crippen LogP contribution is -2.42. The molecule has 2 heterocycles. The van der Waals surface area contributed by atoms with Gasteiger partial charge in [0, 0.05) is 24.7 Å². The molecule has 2 rings (SSSR count). The second kappa shape index (κ2) is 8.93. The Labute approximate surface area is 160 Å². The van der Waals surface area contributed by atoms with Gasteiger partial charge in [-0.2, -0.15) is 0 Å². The molecule has 2 fully saturated rings. The van der Waals surface area contributed by atoms with Gasteiger partial charge >= 0.3 is 0 Å². The van der Waals surface area contributed by atoms with Crippen molar-refractivity contribution in [2.24, 2.45) is 11.8 Å². The number of likely N-dealkylation sites (tertiary alicyclic amines) is 2. The van der Waals surface area contributed by atoms with Gasteiger partial charge in [0.15, 0.2) is 0 Å². The summed E-state index contributed by atoms with van der Waals surface area (Å²) < 4.78 is 11.3. The standard InChI is InChI=1S/C19H30N2O6/c1-11-6-16(22)20(18(11)24)13(3)8-26-10-15(5)27-9-14(4)21-17(23)7-12(2)19(21)25/h11-15H,6-10H2,1-5H3. The van der Waals surface area contributed by atoms with E-state index in [1.807, 2.05) is 6.92 Å². The Hall–Kier alpha value is -1.80. The van der Waals surface area contributed by atoms with E-state index in [0.717, 1.165) is 0 Å². The topological polar surface area (TPSA) is 93.2 Å².